The van der Waals surface area contributed by atoms with Gasteiger partial charge < -0.3 is 33.3 Å². The maximum Gasteiger partial charge on any atom is 0.306 e. The molecule has 0 aromatic heterocycles. The molecule has 488 valence electrons. The van der Waals surface area contributed by atoms with E-state index < -0.39 is 24.3 Å². The Morgan fingerprint density at radius 1 is 0.365 bits per heavy atom. The average Bonchev–Trinajstić information content (AvgIpc) is 3.49. The summed E-state index contributed by atoms with van der Waals surface area (Å²) in [4.78, 5) is 37.4. The Hall–Kier alpha value is -4.05. The monoisotopic (exact) mass is 1190 g/mol. The number of carboxylic acid groups (broad SMARTS) is 1. The number of aliphatic carboxylic acids is 1. The molecule has 0 aromatic carbocycles. The molecule has 0 N–H and O–H groups in total. The van der Waals surface area contributed by atoms with Gasteiger partial charge in [-0.2, -0.15) is 0 Å². The molecule has 0 spiro atoms. The molecule has 0 heterocycles. The minimum atomic E-state index is -1.63. The number of likely N-dealkylation sites (N-methyl/N-ethyl adjacent to an activating group) is 1. The van der Waals surface area contributed by atoms with Crippen molar-refractivity contribution >= 4 is 17.9 Å². The zero-order valence-electron chi connectivity index (χ0n) is 55.7. The van der Waals surface area contributed by atoms with Crippen LogP contribution in [-0.2, 0) is 33.3 Å². The van der Waals surface area contributed by atoms with Gasteiger partial charge in [0.25, 0.3) is 0 Å². The number of unbranched alkanes of at least 4 members (excludes halogenated alkanes) is 31. The van der Waals surface area contributed by atoms with Gasteiger partial charge in [0.05, 0.1) is 40.3 Å². The summed E-state index contributed by atoms with van der Waals surface area (Å²) in [5.74, 6) is -2.29. The minimum Gasteiger partial charge on any atom is -0.545 e. The molecule has 0 aliphatic carbocycles. The number of esters is 2. The number of allylic oxidation sites excluding steroid dienone is 18. The first kappa shape index (κ1) is 81.0. The summed E-state index contributed by atoms with van der Waals surface area (Å²) in [5, 5.41) is 11.8. The molecular weight excluding hydrogens is 1050 g/mol. The molecule has 0 amide bonds. The summed E-state index contributed by atoms with van der Waals surface area (Å²) in [6.45, 7) is 4.63. The molecule has 2 unspecified atom stereocenters. The van der Waals surface area contributed by atoms with E-state index in [0.29, 0.717) is 17.4 Å². The van der Waals surface area contributed by atoms with Gasteiger partial charge in [0.15, 0.2) is 12.4 Å². The lowest BCUT2D eigenvalue weighted by atomic mass is 10.0. The molecule has 0 rings (SSSR count). The van der Waals surface area contributed by atoms with E-state index in [0.717, 1.165) is 96.3 Å². The lowest BCUT2D eigenvalue weighted by Crippen LogP contribution is -2.44. The van der Waals surface area contributed by atoms with E-state index >= 15 is 0 Å². The standard InChI is InChI=1S/C76H131NO8/c1-6-8-10-12-14-16-18-20-22-24-26-28-29-30-31-32-33-34-35-36-37-38-39-40-41-42-43-44-45-47-49-51-53-55-57-59-61-63-65-67-74(79)85-72(71-84-76(75(80)81)82-69-68-77(3,4)5)70-83-73(78)66-64-62-60-58-56-54-52-50-48-46-27-25-23-21-19-17-15-13-11-9-7-2/h8,10,14,16,19-22,25-28,30-31,33-34,48,50,72,76H,6-7,9,11-13,15,17-18,23-24,29,32,35-47,49,51-71H2,1-5H3/b10-8-,16-14-,21-19-,22-20-,27-25-,28-26-,31-30-,34-33-,50-48-. The van der Waals surface area contributed by atoms with Crippen LogP contribution in [0.4, 0.5) is 0 Å². The summed E-state index contributed by atoms with van der Waals surface area (Å²) in [6.07, 6.45) is 88.9. The van der Waals surface area contributed by atoms with E-state index in [1.54, 1.807) is 0 Å². The molecule has 0 saturated carbocycles. The fourth-order valence-electron chi connectivity index (χ4n) is 9.67. The number of carbonyl (C=O) groups is 3. The van der Waals surface area contributed by atoms with E-state index in [1.165, 1.54) is 167 Å². The van der Waals surface area contributed by atoms with Crippen molar-refractivity contribution in [2.45, 2.75) is 309 Å². The number of ether oxygens (including phenoxy) is 4. The van der Waals surface area contributed by atoms with Gasteiger partial charge in [-0.25, -0.2) is 0 Å². The Kier molecular flexibility index (Phi) is 62.8. The number of hydrogen-bond donors (Lipinski definition) is 0. The molecule has 9 heteroatoms. The van der Waals surface area contributed by atoms with Crippen LogP contribution in [0.25, 0.3) is 0 Å². The summed E-state index contributed by atoms with van der Waals surface area (Å²) in [6, 6.07) is 0. The second-order valence-corrected chi connectivity index (χ2v) is 24.4. The number of rotatable bonds is 64. The van der Waals surface area contributed by atoms with E-state index in [9.17, 15) is 19.5 Å². The molecule has 0 aromatic rings. The van der Waals surface area contributed by atoms with Crippen molar-refractivity contribution in [1.29, 1.82) is 0 Å². The first-order valence-electron chi connectivity index (χ1n) is 35.0. The quantitative estimate of drug-likeness (QED) is 0.0195. The molecule has 85 heavy (non-hydrogen) atoms. The van der Waals surface area contributed by atoms with E-state index in [-0.39, 0.29) is 38.6 Å². The summed E-state index contributed by atoms with van der Waals surface area (Å²) < 4.78 is 22.8. The Morgan fingerprint density at radius 2 is 0.671 bits per heavy atom. The molecule has 0 saturated heterocycles. The van der Waals surface area contributed by atoms with Crippen molar-refractivity contribution in [1.82, 2.24) is 0 Å². The maximum absolute atomic E-state index is 12.9. The normalized spacial score (nSPS) is 13.4. The molecule has 2 atom stereocenters. The van der Waals surface area contributed by atoms with E-state index in [1.807, 2.05) is 21.1 Å². The zero-order valence-corrected chi connectivity index (χ0v) is 55.7. The van der Waals surface area contributed by atoms with Gasteiger partial charge in [-0.05, 0) is 103 Å². The Labute approximate surface area is 524 Å². The van der Waals surface area contributed by atoms with Crippen LogP contribution in [0, 0.1) is 0 Å². The van der Waals surface area contributed by atoms with Gasteiger partial charge in [-0.1, -0.05) is 290 Å². The van der Waals surface area contributed by atoms with Crippen LogP contribution in [0.5, 0.6) is 0 Å². The topological polar surface area (TPSA) is 111 Å². The smallest absolute Gasteiger partial charge is 0.306 e. The fraction of sp³-hybridized carbons (Fsp3) is 0.724. The van der Waals surface area contributed by atoms with Crippen LogP contribution in [0.15, 0.2) is 109 Å². The first-order valence-corrected chi connectivity index (χ1v) is 35.0. The number of nitrogens with zero attached hydrogens (tertiary/aromatic N) is 1. The highest BCUT2D eigenvalue weighted by Gasteiger charge is 2.22. The van der Waals surface area contributed by atoms with Crippen LogP contribution >= 0.6 is 0 Å². The maximum atomic E-state index is 12.9. The molecule has 0 fully saturated rings. The highest BCUT2D eigenvalue weighted by atomic mass is 16.7. The lowest BCUT2D eigenvalue weighted by molar-refractivity contribution is -0.870. The van der Waals surface area contributed by atoms with Crippen LogP contribution in [-0.4, -0.2) is 82.3 Å². The van der Waals surface area contributed by atoms with Crippen molar-refractivity contribution in [2.75, 3.05) is 47.5 Å². The third-order valence-electron chi connectivity index (χ3n) is 15.0. The van der Waals surface area contributed by atoms with E-state index in [2.05, 4.69) is 123 Å². The Morgan fingerprint density at radius 3 is 1.00 bits per heavy atom. The predicted molar refractivity (Wildman–Crippen MR) is 361 cm³/mol. The molecule has 0 radical (unpaired) electrons. The molecule has 0 aliphatic heterocycles. The van der Waals surface area contributed by atoms with E-state index in [4.69, 9.17) is 18.9 Å². The second kappa shape index (κ2) is 65.9. The van der Waals surface area contributed by atoms with Crippen LogP contribution in [0.3, 0.4) is 0 Å². The molecule has 0 aliphatic rings. The zero-order chi connectivity index (χ0) is 61.9. The number of hydrogen-bond acceptors (Lipinski definition) is 8. The van der Waals surface area contributed by atoms with Gasteiger partial charge in [0.2, 0.25) is 0 Å². The number of carboxylic acids is 1. The molecule has 0 bridgehead atoms. The van der Waals surface area contributed by atoms with Crippen molar-refractivity contribution in [2.24, 2.45) is 0 Å². The number of carbonyl (C=O) groups excluding carboxylic acids is 3. The summed E-state index contributed by atoms with van der Waals surface area (Å²) >= 11 is 0. The highest BCUT2D eigenvalue weighted by molar-refractivity contribution is 5.70. The predicted octanol–water partition coefficient (Wildman–Crippen LogP) is 20.5. The van der Waals surface area contributed by atoms with Gasteiger partial charge in [0, 0.05) is 12.8 Å². The van der Waals surface area contributed by atoms with Gasteiger partial charge >= 0.3 is 11.9 Å². The minimum absolute atomic E-state index is 0.143. The van der Waals surface area contributed by atoms with Crippen molar-refractivity contribution < 1.29 is 42.9 Å². The average molecular weight is 1190 g/mol. The first-order chi connectivity index (χ1) is 41.6. The highest BCUT2D eigenvalue weighted by Crippen LogP contribution is 2.17. The van der Waals surface area contributed by atoms with Gasteiger partial charge in [-0.3, -0.25) is 9.59 Å². The fourth-order valence-corrected chi connectivity index (χ4v) is 9.67. The van der Waals surface area contributed by atoms with Crippen molar-refractivity contribution in [3.8, 4) is 0 Å². The van der Waals surface area contributed by atoms with Crippen LogP contribution in [0.1, 0.15) is 296 Å². The summed E-state index contributed by atoms with van der Waals surface area (Å²) in [5.41, 5.74) is 0. The van der Waals surface area contributed by atoms with Crippen LogP contribution in [0.2, 0.25) is 0 Å². The summed E-state index contributed by atoms with van der Waals surface area (Å²) in [7, 11) is 5.93. The van der Waals surface area contributed by atoms with Gasteiger partial charge in [-0.15, -0.1) is 0 Å². The van der Waals surface area contributed by atoms with Gasteiger partial charge in [0.1, 0.15) is 13.2 Å². The largest absolute Gasteiger partial charge is 0.545 e. The number of quaternary nitrogens is 1. The third-order valence-corrected chi connectivity index (χ3v) is 15.0. The third kappa shape index (κ3) is 67.3. The second-order valence-electron chi connectivity index (χ2n) is 24.4. The van der Waals surface area contributed by atoms with Crippen molar-refractivity contribution in [3.05, 3.63) is 109 Å². The SMILES string of the molecule is CC/C=C\C/C=C\C/C=C\C/C=C\C/C=C\C/C=C\CCCCCCCCCCCCCCCCCCCCCCC(=O)OC(COC(=O)CCCCCCCC/C=C\C/C=C\C/C=C\CCCCCCC)COC(OCC[N+](C)(C)C)C(=O)[O-]. The molecule has 9 nitrogen and oxygen atoms in total. The van der Waals surface area contributed by atoms with Crippen LogP contribution < -0.4 is 5.11 Å². The Bertz CT molecular complexity index is 1760. The Balaban J connectivity index is 4.06. The lowest BCUT2D eigenvalue weighted by Gasteiger charge is -2.26. The van der Waals surface area contributed by atoms with Crippen molar-refractivity contribution in [3.63, 3.8) is 0 Å². The molecular formula is C76H131NO8.